The molecule has 2 aromatic rings. The van der Waals surface area contributed by atoms with Gasteiger partial charge in [0.25, 0.3) is 5.91 Å². The van der Waals surface area contributed by atoms with Gasteiger partial charge in [0.1, 0.15) is 22.2 Å². The topological polar surface area (TPSA) is 91.7 Å². The largest absolute Gasteiger partial charge is 0.497 e. The lowest BCUT2D eigenvalue weighted by molar-refractivity contribution is -0.119. The Morgan fingerprint density at radius 1 is 1.25 bits per heavy atom. The number of hydrogen-bond acceptors (Lipinski definition) is 6. The lowest BCUT2D eigenvalue weighted by atomic mass is 10.2. The van der Waals surface area contributed by atoms with Gasteiger partial charge in [-0.25, -0.2) is 4.79 Å². The Labute approximate surface area is 168 Å². The summed E-state index contributed by atoms with van der Waals surface area (Å²) in [6.45, 7) is 3.86. The van der Waals surface area contributed by atoms with Crippen LogP contribution in [-0.2, 0) is 16.1 Å². The van der Waals surface area contributed by atoms with Crippen molar-refractivity contribution in [2.45, 2.75) is 33.2 Å². The lowest BCUT2D eigenvalue weighted by Crippen LogP contribution is -2.21. The van der Waals surface area contributed by atoms with Gasteiger partial charge in [-0.2, -0.15) is 5.10 Å². The summed E-state index contributed by atoms with van der Waals surface area (Å²) in [5.74, 6) is -0.211. The molecule has 0 aliphatic rings. The standard InChI is InChI=1S/C19H24ClN3O5/c1-5-6-9-23-18(20)17(12(2)22-23)19(25)28-11-16(24)21-14-10-13(26-3)7-8-15(14)27-4/h7-8,10H,5-6,9,11H2,1-4H3,(H,21,24). The van der Waals surface area contributed by atoms with E-state index in [1.807, 2.05) is 0 Å². The number of rotatable bonds is 9. The number of hydrogen-bond donors (Lipinski definition) is 1. The van der Waals surface area contributed by atoms with E-state index in [-0.39, 0.29) is 10.7 Å². The van der Waals surface area contributed by atoms with Crippen molar-refractivity contribution in [2.24, 2.45) is 0 Å². The number of carbonyl (C=O) groups is 2. The molecular formula is C19H24ClN3O5. The van der Waals surface area contributed by atoms with Crippen molar-refractivity contribution in [1.29, 1.82) is 0 Å². The molecule has 28 heavy (non-hydrogen) atoms. The van der Waals surface area contributed by atoms with Gasteiger partial charge in [0.05, 0.1) is 25.6 Å². The van der Waals surface area contributed by atoms with Gasteiger partial charge in [-0.3, -0.25) is 9.48 Å². The number of aryl methyl sites for hydroxylation is 2. The fourth-order valence-electron chi connectivity index (χ4n) is 2.54. The number of esters is 1. The van der Waals surface area contributed by atoms with Gasteiger partial charge in [-0.1, -0.05) is 24.9 Å². The summed E-state index contributed by atoms with van der Waals surface area (Å²) in [7, 11) is 3.00. The Morgan fingerprint density at radius 2 is 2.00 bits per heavy atom. The number of carbonyl (C=O) groups excluding carboxylic acids is 2. The molecule has 1 amide bonds. The average molecular weight is 410 g/mol. The maximum absolute atomic E-state index is 12.4. The van der Waals surface area contributed by atoms with E-state index in [1.165, 1.54) is 14.2 Å². The Bertz CT molecular complexity index is 850. The fourth-order valence-corrected chi connectivity index (χ4v) is 2.88. The van der Waals surface area contributed by atoms with Crippen molar-refractivity contribution in [2.75, 3.05) is 26.1 Å². The molecule has 1 heterocycles. The third kappa shape index (κ3) is 5.16. The zero-order valence-electron chi connectivity index (χ0n) is 16.4. The predicted molar refractivity (Wildman–Crippen MR) is 105 cm³/mol. The third-order valence-corrected chi connectivity index (χ3v) is 4.39. The van der Waals surface area contributed by atoms with Crippen molar-refractivity contribution >= 4 is 29.2 Å². The van der Waals surface area contributed by atoms with E-state index in [2.05, 4.69) is 17.3 Å². The summed E-state index contributed by atoms with van der Waals surface area (Å²) in [4.78, 5) is 24.6. The third-order valence-electron chi connectivity index (χ3n) is 4.01. The van der Waals surface area contributed by atoms with Crippen molar-refractivity contribution < 1.29 is 23.8 Å². The van der Waals surface area contributed by atoms with Gasteiger partial charge in [0.15, 0.2) is 6.61 Å². The molecule has 1 aromatic carbocycles. The van der Waals surface area contributed by atoms with Crippen LogP contribution in [0.15, 0.2) is 18.2 Å². The van der Waals surface area contributed by atoms with Crippen LogP contribution in [0.25, 0.3) is 0 Å². The Balaban J connectivity index is 2.02. The number of unbranched alkanes of at least 4 members (excludes halogenated alkanes) is 1. The number of methoxy groups -OCH3 is 2. The van der Waals surface area contributed by atoms with E-state index < -0.39 is 18.5 Å². The molecule has 1 N–H and O–H groups in total. The van der Waals surface area contributed by atoms with Crippen LogP contribution < -0.4 is 14.8 Å². The zero-order valence-corrected chi connectivity index (χ0v) is 17.1. The first-order valence-corrected chi connectivity index (χ1v) is 9.20. The molecular weight excluding hydrogens is 386 g/mol. The number of anilines is 1. The maximum atomic E-state index is 12.4. The zero-order chi connectivity index (χ0) is 20.7. The van der Waals surface area contributed by atoms with Crippen molar-refractivity contribution in [3.05, 3.63) is 34.6 Å². The summed E-state index contributed by atoms with van der Waals surface area (Å²) in [6.07, 6.45) is 1.86. The smallest absolute Gasteiger partial charge is 0.343 e. The molecule has 0 bridgehead atoms. The van der Waals surface area contributed by atoms with Gasteiger partial charge < -0.3 is 19.5 Å². The summed E-state index contributed by atoms with van der Waals surface area (Å²) >= 11 is 6.25. The van der Waals surface area contributed by atoms with E-state index in [9.17, 15) is 9.59 Å². The molecule has 0 unspecified atom stereocenters. The minimum absolute atomic E-state index is 0.171. The molecule has 0 atom stereocenters. The molecule has 0 saturated heterocycles. The van der Waals surface area contributed by atoms with Gasteiger partial charge in [0.2, 0.25) is 0 Å². The van der Waals surface area contributed by atoms with Crippen molar-refractivity contribution in [3.8, 4) is 11.5 Å². The minimum Gasteiger partial charge on any atom is -0.497 e. The van der Waals surface area contributed by atoms with Crippen LogP contribution in [0.3, 0.4) is 0 Å². The van der Waals surface area contributed by atoms with Crippen LogP contribution in [0.4, 0.5) is 5.69 Å². The second kappa shape index (κ2) is 9.98. The molecule has 9 heteroatoms. The monoisotopic (exact) mass is 409 g/mol. The number of nitrogens with zero attached hydrogens (tertiary/aromatic N) is 2. The van der Waals surface area contributed by atoms with E-state index >= 15 is 0 Å². The van der Waals surface area contributed by atoms with Gasteiger partial charge in [-0.15, -0.1) is 0 Å². The maximum Gasteiger partial charge on any atom is 0.343 e. The quantitative estimate of drug-likeness (QED) is 0.637. The molecule has 0 fully saturated rings. The number of nitrogens with one attached hydrogen (secondary N) is 1. The molecule has 2 rings (SSSR count). The summed E-state index contributed by atoms with van der Waals surface area (Å²) < 4.78 is 17.0. The van der Waals surface area contributed by atoms with E-state index in [0.717, 1.165) is 12.8 Å². The molecule has 0 radical (unpaired) electrons. The van der Waals surface area contributed by atoms with Gasteiger partial charge in [-0.05, 0) is 25.5 Å². The summed E-state index contributed by atoms with van der Waals surface area (Å²) in [6, 6.07) is 4.97. The molecule has 0 saturated carbocycles. The number of aromatic nitrogens is 2. The van der Waals surface area contributed by atoms with E-state index in [1.54, 1.807) is 29.8 Å². The Kier molecular flexibility index (Phi) is 7.69. The number of benzene rings is 1. The highest BCUT2D eigenvalue weighted by Crippen LogP contribution is 2.29. The highest BCUT2D eigenvalue weighted by atomic mass is 35.5. The summed E-state index contributed by atoms with van der Waals surface area (Å²) in [5.41, 5.74) is 1.04. The van der Waals surface area contributed by atoms with Crippen LogP contribution in [0.1, 0.15) is 35.8 Å². The van der Waals surface area contributed by atoms with Gasteiger partial charge in [0, 0.05) is 12.6 Å². The highest BCUT2D eigenvalue weighted by Gasteiger charge is 2.22. The SMILES string of the molecule is CCCCn1nc(C)c(C(=O)OCC(=O)Nc2cc(OC)ccc2OC)c1Cl. The second-order valence-electron chi connectivity index (χ2n) is 6.02. The Hall–Kier alpha value is -2.74. The molecule has 0 aliphatic carbocycles. The number of amides is 1. The first kappa shape index (κ1) is 21.6. The first-order chi connectivity index (χ1) is 13.4. The van der Waals surface area contributed by atoms with Crippen LogP contribution >= 0.6 is 11.6 Å². The summed E-state index contributed by atoms with van der Waals surface area (Å²) in [5, 5.41) is 7.10. The second-order valence-corrected chi connectivity index (χ2v) is 6.38. The van der Waals surface area contributed by atoms with Gasteiger partial charge >= 0.3 is 5.97 Å². The van der Waals surface area contributed by atoms with Crippen molar-refractivity contribution in [3.63, 3.8) is 0 Å². The minimum atomic E-state index is -0.696. The van der Waals surface area contributed by atoms with E-state index in [4.69, 9.17) is 25.8 Å². The lowest BCUT2D eigenvalue weighted by Gasteiger charge is -2.12. The van der Waals surface area contributed by atoms with Crippen molar-refractivity contribution in [1.82, 2.24) is 9.78 Å². The molecule has 0 spiro atoms. The van der Waals surface area contributed by atoms with Crippen LogP contribution in [0.2, 0.25) is 5.15 Å². The first-order valence-electron chi connectivity index (χ1n) is 8.83. The fraction of sp³-hybridized carbons (Fsp3) is 0.421. The number of ether oxygens (including phenoxy) is 3. The Morgan fingerprint density at radius 3 is 2.64 bits per heavy atom. The normalized spacial score (nSPS) is 10.5. The van der Waals surface area contributed by atoms with Crippen LogP contribution in [0, 0.1) is 6.92 Å². The number of halogens is 1. The molecule has 152 valence electrons. The predicted octanol–water partition coefficient (Wildman–Crippen LogP) is 3.46. The van der Waals surface area contributed by atoms with Crippen LogP contribution in [0.5, 0.6) is 11.5 Å². The highest BCUT2D eigenvalue weighted by molar-refractivity contribution is 6.32. The molecule has 1 aromatic heterocycles. The molecule has 0 aliphatic heterocycles. The molecule has 8 nitrogen and oxygen atoms in total. The average Bonchev–Trinajstić information content (AvgIpc) is 2.97. The van der Waals surface area contributed by atoms with E-state index in [0.29, 0.717) is 29.4 Å². The van der Waals surface area contributed by atoms with Crippen LogP contribution in [-0.4, -0.2) is 42.5 Å².